The molecular weight excluding hydrogens is 282 g/mol. The van der Waals surface area contributed by atoms with E-state index in [1.807, 2.05) is 4.90 Å². The fourth-order valence-electron chi connectivity index (χ4n) is 1.64. The highest BCUT2D eigenvalue weighted by atomic mass is 35.5. The van der Waals surface area contributed by atoms with Gasteiger partial charge in [-0.25, -0.2) is 4.39 Å². The van der Waals surface area contributed by atoms with Gasteiger partial charge in [-0.15, -0.1) is 23.2 Å². The van der Waals surface area contributed by atoms with Crippen molar-refractivity contribution in [2.75, 3.05) is 25.4 Å². The monoisotopic (exact) mass is 294 g/mol. The second-order valence-corrected chi connectivity index (χ2v) is 4.53. The predicted octanol–water partition coefficient (Wildman–Crippen LogP) is 3.18. The van der Waals surface area contributed by atoms with Crippen molar-refractivity contribution in [1.29, 1.82) is 0 Å². The fraction of sp³-hybridized carbons (Fsp3) is 0.455. The lowest BCUT2D eigenvalue weighted by atomic mass is 10.1. The van der Waals surface area contributed by atoms with Crippen LogP contribution in [-0.4, -0.2) is 35.2 Å². The highest BCUT2D eigenvalue weighted by Gasteiger charge is 2.19. The van der Waals surface area contributed by atoms with Crippen molar-refractivity contribution in [3.63, 3.8) is 0 Å². The van der Waals surface area contributed by atoms with Gasteiger partial charge in [0.1, 0.15) is 5.82 Å². The Kier molecular flexibility index (Phi) is 5.78. The van der Waals surface area contributed by atoms with Crippen LogP contribution in [0, 0.1) is 15.9 Å². The molecule has 4 nitrogen and oxygen atoms in total. The van der Waals surface area contributed by atoms with Gasteiger partial charge in [-0.2, -0.15) is 0 Å². The lowest BCUT2D eigenvalue weighted by Gasteiger charge is -2.25. The lowest BCUT2D eigenvalue weighted by molar-refractivity contribution is -0.385. The van der Waals surface area contributed by atoms with E-state index >= 15 is 0 Å². The first kappa shape index (κ1) is 15.1. The van der Waals surface area contributed by atoms with Crippen molar-refractivity contribution in [1.82, 2.24) is 4.90 Å². The summed E-state index contributed by atoms with van der Waals surface area (Å²) >= 11 is 11.5. The molecule has 0 aliphatic carbocycles. The second kappa shape index (κ2) is 6.87. The molecule has 0 bridgehead atoms. The van der Waals surface area contributed by atoms with E-state index in [1.165, 1.54) is 12.1 Å². The smallest absolute Gasteiger partial charge is 0.272 e. The number of nitrogens with zero attached hydrogens (tertiary/aromatic N) is 2. The summed E-state index contributed by atoms with van der Waals surface area (Å²) in [6, 6.07) is 3.17. The van der Waals surface area contributed by atoms with Gasteiger partial charge in [0.15, 0.2) is 0 Å². The van der Waals surface area contributed by atoms with Crippen molar-refractivity contribution in [3.8, 4) is 0 Å². The van der Waals surface area contributed by atoms with Gasteiger partial charge in [-0.05, 0) is 18.7 Å². The topological polar surface area (TPSA) is 46.4 Å². The summed E-state index contributed by atoms with van der Waals surface area (Å²) in [5.74, 6) is -0.0384. The highest BCUT2D eigenvalue weighted by Crippen LogP contribution is 2.26. The molecule has 0 spiro atoms. The van der Waals surface area contributed by atoms with Crippen molar-refractivity contribution in [2.24, 2.45) is 0 Å². The second-order valence-electron chi connectivity index (χ2n) is 3.84. The van der Waals surface area contributed by atoms with E-state index in [-0.39, 0.29) is 17.6 Å². The quantitative estimate of drug-likeness (QED) is 0.460. The lowest BCUT2D eigenvalue weighted by Crippen LogP contribution is -2.27. The molecular formula is C11H13Cl2FN2O2. The fourth-order valence-corrected chi connectivity index (χ4v) is 2.32. The zero-order valence-corrected chi connectivity index (χ0v) is 11.3. The average molecular weight is 295 g/mol. The van der Waals surface area contributed by atoms with Gasteiger partial charge >= 0.3 is 0 Å². The van der Waals surface area contributed by atoms with Gasteiger partial charge < -0.3 is 0 Å². The number of non-ortho nitro benzene ring substituents is 1. The molecule has 1 aromatic carbocycles. The van der Waals surface area contributed by atoms with E-state index in [4.69, 9.17) is 23.2 Å². The number of nitro groups is 1. The van der Waals surface area contributed by atoms with Crippen LogP contribution < -0.4 is 0 Å². The summed E-state index contributed by atoms with van der Waals surface area (Å²) in [5.41, 5.74) is 0.198. The maximum atomic E-state index is 13.3. The molecule has 1 atom stereocenters. The number of hydrogen-bond acceptors (Lipinski definition) is 3. The Labute approximate surface area is 114 Å². The Balaban J connectivity index is 3.09. The minimum absolute atomic E-state index is 0.202. The van der Waals surface area contributed by atoms with E-state index in [0.29, 0.717) is 18.0 Å². The van der Waals surface area contributed by atoms with Gasteiger partial charge in [0.05, 0.1) is 11.0 Å². The molecule has 0 amide bonds. The third-order valence-corrected chi connectivity index (χ3v) is 3.08. The van der Waals surface area contributed by atoms with Gasteiger partial charge in [0, 0.05) is 30.4 Å². The van der Waals surface area contributed by atoms with Gasteiger partial charge in [0.2, 0.25) is 0 Å². The van der Waals surface area contributed by atoms with Crippen LogP contribution in [-0.2, 0) is 0 Å². The molecule has 18 heavy (non-hydrogen) atoms. The SMILES string of the molecule is CN(CCCl)C(CCl)c1cc(F)cc([N+](=O)[O-])c1. The molecule has 0 saturated heterocycles. The number of rotatable bonds is 6. The molecule has 0 radical (unpaired) electrons. The molecule has 0 aliphatic heterocycles. The molecule has 0 N–H and O–H groups in total. The maximum Gasteiger partial charge on any atom is 0.272 e. The Morgan fingerprint density at radius 2 is 2.11 bits per heavy atom. The van der Waals surface area contributed by atoms with Crippen LogP contribution in [0.15, 0.2) is 18.2 Å². The first-order chi connectivity index (χ1) is 8.49. The van der Waals surface area contributed by atoms with Crippen LogP contribution in [0.3, 0.4) is 0 Å². The average Bonchev–Trinajstić information content (AvgIpc) is 2.29. The van der Waals surface area contributed by atoms with Crippen molar-refractivity contribution < 1.29 is 9.31 Å². The first-order valence-corrected chi connectivity index (χ1v) is 6.33. The Morgan fingerprint density at radius 1 is 1.44 bits per heavy atom. The van der Waals surface area contributed by atoms with Crippen LogP contribution in [0.5, 0.6) is 0 Å². The van der Waals surface area contributed by atoms with E-state index in [1.54, 1.807) is 7.05 Å². The molecule has 1 aromatic rings. The zero-order chi connectivity index (χ0) is 13.7. The van der Waals surface area contributed by atoms with E-state index < -0.39 is 10.7 Å². The normalized spacial score (nSPS) is 12.7. The molecule has 1 unspecified atom stereocenters. The Hall–Kier alpha value is -0.910. The van der Waals surface area contributed by atoms with Crippen molar-refractivity contribution in [3.05, 3.63) is 39.7 Å². The summed E-state index contributed by atoms with van der Waals surface area (Å²) < 4.78 is 13.3. The van der Waals surface area contributed by atoms with Crippen molar-refractivity contribution >= 4 is 28.9 Å². The summed E-state index contributed by atoms with van der Waals surface area (Å²) in [5, 5.41) is 10.7. The standard InChI is InChI=1S/C11H13Cl2FN2O2/c1-15(3-2-12)11(7-13)8-4-9(14)6-10(5-8)16(17)18/h4-6,11H,2-3,7H2,1H3. The molecule has 0 aromatic heterocycles. The van der Waals surface area contributed by atoms with Gasteiger partial charge in [-0.1, -0.05) is 0 Å². The molecule has 7 heteroatoms. The summed E-state index contributed by atoms with van der Waals surface area (Å²) in [6.07, 6.45) is 0. The number of halogens is 3. The molecule has 0 fully saturated rings. The van der Waals surface area contributed by atoms with Crippen LogP contribution in [0.2, 0.25) is 0 Å². The van der Waals surface area contributed by atoms with Crippen molar-refractivity contribution in [2.45, 2.75) is 6.04 Å². The molecule has 0 aliphatic rings. The van der Waals surface area contributed by atoms with Crippen LogP contribution in [0.4, 0.5) is 10.1 Å². The van der Waals surface area contributed by atoms with Gasteiger partial charge in [-0.3, -0.25) is 15.0 Å². The third-order valence-electron chi connectivity index (χ3n) is 2.62. The Bertz CT molecular complexity index is 432. The third kappa shape index (κ3) is 3.80. The first-order valence-electron chi connectivity index (χ1n) is 5.26. The molecule has 0 heterocycles. The maximum absolute atomic E-state index is 13.3. The molecule has 1 rings (SSSR count). The minimum atomic E-state index is -0.645. The van der Waals surface area contributed by atoms with Gasteiger partial charge in [0.25, 0.3) is 5.69 Å². The molecule has 0 saturated carbocycles. The number of nitro benzene ring substituents is 1. The van der Waals surface area contributed by atoms with Crippen LogP contribution in [0.25, 0.3) is 0 Å². The van der Waals surface area contributed by atoms with Crippen LogP contribution >= 0.6 is 23.2 Å². The van der Waals surface area contributed by atoms with E-state index in [2.05, 4.69) is 0 Å². The Morgan fingerprint density at radius 3 is 2.61 bits per heavy atom. The summed E-state index contributed by atoms with van der Waals surface area (Å²) in [4.78, 5) is 11.9. The number of alkyl halides is 2. The summed E-state index contributed by atoms with van der Waals surface area (Å²) in [7, 11) is 1.78. The largest absolute Gasteiger partial charge is 0.297 e. The predicted molar refractivity (Wildman–Crippen MR) is 69.9 cm³/mol. The van der Waals surface area contributed by atoms with Crippen LogP contribution in [0.1, 0.15) is 11.6 Å². The number of hydrogen-bond donors (Lipinski definition) is 0. The summed E-state index contributed by atoms with van der Waals surface area (Å²) in [6.45, 7) is 0.559. The zero-order valence-electron chi connectivity index (χ0n) is 9.78. The molecule has 100 valence electrons. The minimum Gasteiger partial charge on any atom is -0.297 e. The van der Waals surface area contributed by atoms with E-state index in [9.17, 15) is 14.5 Å². The highest BCUT2D eigenvalue weighted by molar-refractivity contribution is 6.18. The van der Waals surface area contributed by atoms with E-state index in [0.717, 1.165) is 6.07 Å². The number of benzene rings is 1.